The molecule has 114 valence electrons. The highest BCUT2D eigenvalue weighted by Crippen LogP contribution is 2.20. The first-order valence-electron chi connectivity index (χ1n) is 6.34. The predicted molar refractivity (Wildman–Crippen MR) is 85.8 cm³/mol. The van der Waals surface area contributed by atoms with Crippen LogP contribution in [0.3, 0.4) is 0 Å². The van der Waals surface area contributed by atoms with Crippen LogP contribution in [-0.4, -0.2) is 14.7 Å². The van der Waals surface area contributed by atoms with Gasteiger partial charge in [0.05, 0.1) is 17.2 Å². The van der Waals surface area contributed by atoms with Gasteiger partial charge in [0.1, 0.15) is 11.5 Å². The SMILES string of the molecule is CSCc1ccc(CNc2ccc(C)c(S(N)(=O)=O)c2)o1. The second-order valence-corrected chi connectivity index (χ2v) is 7.08. The molecule has 5 nitrogen and oxygen atoms in total. The van der Waals surface area contributed by atoms with Gasteiger partial charge in [0, 0.05) is 5.69 Å². The molecular formula is C14H18N2O3S2. The van der Waals surface area contributed by atoms with Crippen molar-refractivity contribution < 1.29 is 12.8 Å². The summed E-state index contributed by atoms with van der Waals surface area (Å²) in [5.41, 5.74) is 1.32. The summed E-state index contributed by atoms with van der Waals surface area (Å²) in [7, 11) is -3.71. The van der Waals surface area contributed by atoms with E-state index >= 15 is 0 Å². The molecule has 0 amide bonds. The molecule has 0 spiro atoms. The van der Waals surface area contributed by atoms with Crippen molar-refractivity contribution in [3.63, 3.8) is 0 Å². The first-order valence-corrected chi connectivity index (χ1v) is 9.28. The van der Waals surface area contributed by atoms with E-state index in [9.17, 15) is 8.42 Å². The van der Waals surface area contributed by atoms with Gasteiger partial charge in [-0.25, -0.2) is 13.6 Å². The minimum absolute atomic E-state index is 0.134. The van der Waals surface area contributed by atoms with E-state index in [0.29, 0.717) is 17.8 Å². The summed E-state index contributed by atoms with van der Waals surface area (Å²) in [6.07, 6.45) is 2.02. The van der Waals surface area contributed by atoms with Crippen molar-refractivity contribution in [1.29, 1.82) is 0 Å². The summed E-state index contributed by atoms with van der Waals surface area (Å²) in [6.45, 7) is 2.20. The van der Waals surface area contributed by atoms with E-state index in [0.717, 1.165) is 17.3 Å². The van der Waals surface area contributed by atoms with Crippen LogP contribution in [0.15, 0.2) is 39.6 Å². The maximum atomic E-state index is 11.5. The highest BCUT2D eigenvalue weighted by molar-refractivity contribution is 7.97. The third-order valence-corrected chi connectivity index (χ3v) is 4.59. The number of thioether (sulfide) groups is 1. The minimum atomic E-state index is -3.71. The van der Waals surface area contributed by atoms with Crippen LogP contribution in [0.4, 0.5) is 5.69 Å². The normalized spacial score (nSPS) is 11.6. The third kappa shape index (κ3) is 4.26. The number of anilines is 1. The van der Waals surface area contributed by atoms with Crippen LogP contribution in [-0.2, 0) is 22.3 Å². The Labute approximate surface area is 129 Å². The van der Waals surface area contributed by atoms with Crippen molar-refractivity contribution in [1.82, 2.24) is 0 Å². The van der Waals surface area contributed by atoms with Gasteiger partial charge >= 0.3 is 0 Å². The van der Waals surface area contributed by atoms with Gasteiger partial charge in [0.2, 0.25) is 10.0 Å². The summed E-state index contributed by atoms with van der Waals surface area (Å²) in [5.74, 6) is 2.56. The summed E-state index contributed by atoms with van der Waals surface area (Å²) >= 11 is 1.69. The van der Waals surface area contributed by atoms with Crippen molar-refractivity contribution in [3.8, 4) is 0 Å². The van der Waals surface area contributed by atoms with Crippen LogP contribution in [0.25, 0.3) is 0 Å². The fourth-order valence-electron chi connectivity index (χ4n) is 1.94. The monoisotopic (exact) mass is 326 g/mol. The van der Waals surface area contributed by atoms with Gasteiger partial charge in [-0.2, -0.15) is 11.8 Å². The zero-order valence-corrected chi connectivity index (χ0v) is 13.6. The zero-order chi connectivity index (χ0) is 15.5. The lowest BCUT2D eigenvalue weighted by atomic mass is 10.2. The Morgan fingerprint density at radius 2 is 1.95 bits per heavy atom. The second-order valence-electron chi connectivity index (χ2n) is 4.68. The summed E-state index contributed by atoms with van der Waals surface area (Å²) in [4.78, 5) is 0.134. The van der Waals surface area contributed by atoms with Crippen LogP contribution in [0.1, 0.15) is 17.1 Å². The first kappa shape index (κ1) is 15.9. The number of aryl methyl sites for hydroxylation is 1. The Morgan fingerprint density at radius 3 is 2.62 bits per heavy atom. The molecule has 0 aliphatic heterocycles. The molecule has 3 N–H and O–H groups in total. The van der Waals surface area contributed by atoms with Crippen LogP contribution in [0.5, 0.6) is 0 Å². The molecule has 1 aromatic carbocycles. The quantitative estimate of drug-likeness (QED) is 0.852. The molecule has 0 unspecified atom stereocenters. The van der Waals surface area contributed by atoms with Gasteiger partial charge < -0.3 is 9.73 Å². The van der Waals surface area contributed by atoms with Crippen LogP contribution in [0, 0.1) is 6.92 Å². The fraction of sp³-hybridized carbons (Fsp3) is 0.286. The van der Waals surface area contributed by atoms with E-state index in [1.165, 1.54) is 6.07 Å². The van der Waals surface area contributed by atoms with Gasteiger partial charge in [-0.05, 0) is 43.0 Å². The Bertz CT molecular complexity index is 724. The van der Waals surface area contributed by atoms with Gasteiger partial charge in [0.15, 0.2) is 0 Å². The molecule has 0 atom stereocenters. The van der Waals surface area contributed by atoms with Crippen molar-refractivity contribution in [2.24, 2.45) is 5.14 Å². The number of hydrogen-bond donors (Lipinski definition) is 2. The van der Waals surface area contributed by atoms with Gasteiger partial charge in [-0.3, -0.25) is 0 Å². The molecule has 0 fully saturated rings. The molecule has 0 aliphatic rings. The number of hydrogen-bond acceptors (Lipinski definition) is 5. The van der Waals surface area contributed by atoms with Crippen molar-refractivity contribution in [2.75, 3.05) is 11.6 Å². The van der Waals surface area contributed by atoms with Crippen molar-refractivity contribution in [3.05, 3.63) is 47.4 Å². The minimum Gasteiger partial charge on any atom is -0.463 e. The van der Waals surface area contributed by atoms with E-state index in [-0.39, 0.29) is 4.90 Å². The summed E-state index contributed by atoms with van der Waals surface area (Å²) < 4.78 is 28.6. The van der Waals surface area contributed by atoms with Crippen molar-refractivity contribution >= 4 is 27.5 Å². The average Bonchev–Trinajstić information content (AvgIpc) is 2.85. The zero-order valence-electron chi connectivity index (χ0n) is 11.9. The highest BCUT2D eigenvalue weighted by atomic mass is 32.2. The number of sulfonamides is 1. The van der Waals surface area contributed by atoms with Gasteiger partial charge in [0.25, 0.3) is 0 Å². The number of nitrogens with one attached hydrogen (secondary N) is 1. The van der Waals surface area contributed by atoms with Crippen LogP contribution < -0.4 is 10.5 Å². The average molecular weight is 326 g/mol. The Hall–Kier alpha value is -1.44. The maximum absolute atomic E-state index is 11.5. The van der Waals surface area contributed by atoms with Gasteiger partial charge in [-0.15, -0.1) is 0 Å². The Morgan fingerprint density at radius 1 is 1.24 bits per heavy atom. The molecule has 0 saturated carbocycles. The smallest absolute Gasteiger partial charge is 0.238 e. The maximum Gasteiger partial charge on any atom is 0.238 e. The van der Waals surface area contributed by atoms with E-state index in [1.54, 1.807) is 24.8 Å². The Kier molecular flexibility index (Phi) is 4.97. The molecule has 2 aromatic rings. The molecule has 21 heavy (non-hydrogen) atoms. The number of primary sulfonamides is 1. The molecule has 2 rings (SSSR count). The predicted octanol–water partition coefficient (Wildman–Crippen LogP) is 2.71. The number of rotatable bonds is 6. The Balaban J connectivity index is 2.09. The lowest BCUT2D eigenvalue weighted by Crippen LogP contribution is -2.14. The summed E-state index contributed by atoms with van der Waals surface area (Å²) in [6, 6.07) is 8.93. The second kappa shape index (κ2) is 6.55. The molecule has 0 bridgehead atoms. The fourth-order valence-corrected chi connectivity index (χ4v) is 3.19. The third-order valence-electron chi connectivity index (χ3n) is 2.97. The van der Waals surface area contributed by atoms with E-state index in [4.69, 9.17) is 9.56 Å². The molecule has 7 heteroatoms. The molecule has 0 aliphatic carbocycles. The lowest BCUT2D eigenvalue weighted by Gasteiger charge is -2.08. The standard InChI is InChI=1S/C14H18N2O3S2/c1-10-3-4-11(7-14(10)21(15,17)18)16-8-12-5-6-13(19-12)9-20-2/h3-7,16H,8-9H2,1-2H3,(H2,15,17,18). The number of nitrogens with two attached hydrogens (primary N) is 1. The molecule has 1 heterocycles. The highest BCUT2D eigenvalue weighted by Gasteiger charge is 2.12. The van der Waals surface area contributed by atoms with Crippen molar-refractivity contribution in [2.45, 2.75) is 24.1 Å². The van der Waals surface area contributed by atoms with E-state index < -0.39 is 10.0 Å². The number of furan rings is 1. The molecule has 0 radical (unpaired) electrons. The van der Waals surface area contributed by atoms with E-state index in [2.05, 4.69) is 5.32 Å². The molecule has 1 aromatic heterocycles. The molecule has 0 saturated heterocycles. The van der Waals surface area contributed by atoms with Crippen LogP contribution in [0.2, 0.25) is 0 Å². The topological polar surface area (TPSA) is 85.3 Å². The number of benzene rings is 1. The van der Waals surface area contributed by atoms with Crippen LogP contribution >= 0.6 is 11.8 Å². The lowest BCUT2D eigenvalue weighted by molar-refractivity contribution is 0.487. The molecular weight excluding hydrogens is 308 g/mol. The first-order chi connectivity index (χ1) is 9.90. The summed E-state index contributed by atoms with van der Waals surface area (Å²) in [5, 5.41) is 8.33. The van der Waals surface area contributed by atoms with Gasteiger partial charge in [-0.1, -0.05) is 6.07 Å². The largest absolute Gasteiger partial charge is 0.463 e. The van der Waals surface area contributed by atoms with E-state index in [1.807, 2.05) is 24.5 Å².